The van der Waals surface area contributed by atoms with E-state index >= 15 is 0 Å². The number of hydrogen-bond donors (Lipinski definition) is 0. The summed E-state index contributed by atoms with van der Waals surface area (Å²) in [7, 11) is 0. The molecular formula is C12H20. The molecule has 1 aliphatic rings. The molecule has 0 radical (unpaired) electrons. The summed E-state index contributed by atoms with van der Waals surface area (Å²) < 4.78 is 0. The predicted molar refractivity (Wildman–Crippen MR) is 53.8 cm³/mol. The molecule has 0 saturated heterocycles. The first-order chi connectivity index (χ1) is 5.58. The fourth-order valence-corrected chi connectivity index (χ4v) is 1.24. The minimum atomic E-state index is 0.382. The highest BCUT2D eigenvalue weighted by Gasteiger charge is 2.15. The first-order valence-electron chi connectivity index (χ1n) is 5.04. The third-order valence-corrected chi connectivity index (χ3v) is 2.36. The van der Waals surface area contributed by atoms with E-state index < -0.39 is 0 Å². The second kappa shape index (κ2) is 3.99. The second-order valence-corrected chi connectivity index (χ2v) is 5.09. The van der Waals surface area contributed by atoms with Crippen LogP contribution in [0.1, 0.15) is 52.9 Å². The van der Waals surface area contributed by atoms with E-state index in [9.17, 15) is 0 Å². The largest absolute Gasteiger partial charge is 0.103 e. The molecule has 1 saturated carbocycles. The standard InChI is InChI=1S/C12H20/c1-12(2,3)10-5-4-7-11-8-6-9-11/h11H,6-10H2,1-3H3. The fourth-order valence-electron chi connectivity index (χ4n) is 1.24. The first kappa shape index (κ1) is 9.65. The summed E-state index contributed by atoms with van der Waals surface area (Å²) in [5.41, 5.74) is 0.382. The van der Waals surface area contributed by atoms with Crippen molar-refractivity contribution in [1.29, 1.82) is 0 Å². The maximum Gasteiger partial charge on any atom is 0.0137 e. The van der Waals surface area contributed by atoms with Crippen LogP contribution in [0.25, 0.3) is 0 Å². The molecule has 1 rings (SSSR count). The van der Waals surface area contributed by atoms with Crippen molar-refractivity contribution in [2.24, 2.45) is 11.3 Å². The molecule has 0 unspecified atom stereocenters. The lowest BCUT2D eigenvalue weighted by Crippen LogP contribution is -2.09. The van der Waals surface area contributed by atoms with Gasteiger partial charge in [0, 0.05) is 12.8 Å². The average Bonchev–Trinajstić information content (AvgIpc) is 1.80. The fraction of sp³-hybridized carbons (Fsp3) is 0.833. The maximum atomic E-state index is 3.29. The van der Waals surface area contributed by atoms with Crippen LogP contribution in [-0.4, -0.2) is 0 Å². The van der Waals surface area contributed by atoms with Gasteiger partial charge >= 0.3 is 0 Å². The molecule has 0 aromatic rings. The highest BCUT2D eigenvalue weighted by Crippen LogP contribution is 2.28. The van der Waals surface area contributed by atoms with Crippen LogP contribution in [-0.2, 0) is 0 Å². The van der Waals surface area contributed by atoms with Gasteiger partial charge in [0.25, 0.3) is 0 Å². The molecule has 0 heterocycles. The molecule has 68 valence electrons. The Balaban J connectivity index is 2.11. The third kappa shape index (κ3) is 3.81. The number of rotatable bonds is 1. The Morgan fingerprint density at radius 2 is 1.83 bits per heavy atom. The lowest BCUT2D eigenvalue weighted by molar-refractivity contribution is 0.323. The van der Waals surface area contributed by atoms with Crippen LogP contribution in [0.2, 0.25) is 0 Å². The summed E-state index contributed by atoms with van der Waals surface area (Å²) in [6.07, 6.45) is 6.47. The van der Waals surface area contributed by atoms with Gasteiger partial charge in [-0.25, -0.2) is 0 Å². The van der Waals surface area contributed by atoms with Gasteiger partial charge in [-0.1, -0.05) is 27.2 Å². The van der Waals surface area contributed by atoms with Gasteiger partial charge in [-0.3, -0.25) is 0 Å². The quantitative estimate of drug-likeness (QED) is 0.519. The molecule has 1 aliphatic carbocycles. The Hall–Kier alpha value is -0.440. The van der Waals surface area contributed by atoms with Gasteiger partial charge in [-0.05, 0) is 24.2 Å². The van der Waals surface area contributed by atoms with Crippen molar-refractivity contribution in [2.75, 3.05) is 0 Å². The molecule has 0 atom stereocenters. The average molecular weight is 164 g/mol. The third-order valence-electron chi connectivity index (χ3n) is 2.36. The van der Waals surface area contributed by atoms with Crippen molar-refractivity contribution in [2.45, 2.75) is 52.9 Å². The van der Waals surface area contributed by atoms with Gasteiger partial charge in [-0.2, -0.15) is 0 Å². The SMILES string of the molecule is CC(C)(C)CC#CCC1CCC1. The molecule has 0 N–H and O–H groups in total. The van der Waals surface area contributed by atoms with Gasteiger partial charge in [0.05, 0.1) is 0 Å². The van der Waals surface area contributed by atoms with Gasteiger partial charge < -0.3 is 0 Å². The van der Waals surface area contributed by atoms with Crippen LogP contribution < -0.4 is 0 Å². The Morgan fingerprint density at radius 3 is 2.25 bits per heavy atom. The van der Waals surface area contributed by atoms with Gasteiger partial charge in [0.1, 0.15) is 0 Å². The maximum absolute atomic E-state index is 3.29. The van der Waals surface area contributed by atoms with Gasteiger partial charge in [0.2, 0.25) is 0 Å². The predicted octanol–water partition coefficient (Wildman–Crippen LogP) is 3.62. The Bertz CT molecular complexity index is 180. The van der Waals surface area contributed by atoms with Crippen LogP contribution in [0.5, 0.6) is 0 Å². The normalized spacial score (nSPS) is 17.9. The summed E-state index contributed by atoms with van der Waals surface area (Å²) in [5, 5.41) is 0. The molecular weight excluding hydrogens is 144 g/mol. The van der Waals surface area contributed by atoms with Crippen molar-refractivity contribution in [3.8, 4) is 11.8 Å². The lowest BCUT2D eigenvalue weighted by Gasteiger charge is -2.22. The van der Waals surface area contributed by atoms with E-state index in [-0.39, 0.29) is 0 Å². The van der Waals surface area contributed by atoms with E-state index in [0.717, 1.165) is 18.8 Å². The molecule has 12 heavy (non-hydrogen) atoms. The van der Waals surface area contributed by atoms with Crippen LogP contribution in [0, 0.1) is 23.2 Å². The van der Waals surface area contributed by atoms with Crippen molar-refractivity contribution >= 4 is 0 Å². The topological polar surface area (TPSA) is 0 Å². The summed E-state index contributed by atoms with van der Waals surface area (Å²) >= 11 is 0. The molecule has 0 amide bonds. The van der Waals surface area contributed by atoms with E-state index in [1.807, 2.05) is 0 Å². The van der Waals surface area contributed by atoms with Gasteiger partial charge in [0.15, 0.2) is 0 Å². The van der Waals surface area contributed by atoms with E-state index in [1.165, 1.54) is 19.3 Å². The van der Waals surface area contributed by atoms with Crippen LogP contribution in [0.3, 0.4) is 0 Å². The first-order valence-corrected chi connectivity index (χ1v) is 5.04. The summed E-state index contributed by atoms with van der Waals surface area (Å²) in [6.45, 7) is 6.72. The molecule has 0 aromatic heterocycles. The molecule has 0 aliphatic heterocycles. The van der Waals surface area contributed by atoms with Crippen LogP contribution >= 0.6 is 0 Å². The molecule has 0 aromatic carbocycles. The number of hydrogen-bond acceptors (Lipinski definition) is 0. The minimum absolute atomic E-state index is 0.382. The summed E-state index contributed by atoms with van der Waals surface area (Å²) in [4.78, 5) is 0. The Labute approximate surface area is 76.7 Å². The highest BCUT2D eigenvalue weighted by atomic mass is 14.2. The zero-order valence-corrected chi connectivity index (χ0v) is 8.61. The molecule has 0 spiro atoms. The summed E-state index contributed by atoms with van der Waals surface area (Å²) in [5.74, 6) is 7.51. The zero-order valence-electron chi connectivity index (χ0n) is 8.61. The second-order valence-electron chi connectivity index (χ2n) is 5.09. The Morgan fingerprint density at radius 1 is 1.17 bits per heavy atom. The molecule has 0 bridgehead atoms. The molecule has 0 nitrogen and oxygen atoms in total. The molecule has 1 fully saturated rings. The van der Waals surface area contributed by atoms with E-state index in [1.54, 1.807) is 0 Å². The van der Waals surface area contributed by atoms with Crippen molar-refractivity contribution < 1.29 is 0 Å². The van der Waals surface area contributed by atoms with Crippen LogP contribution in [0.15, 0.2) is 0 Å². The zero-order chi connectivity index (χ0) is 9.03. The minimum Gasteiger partial charge on any atom is -0.103 e. The van der Waals surface area contributed by atoms with Crippen molar-refractivity contribution in [1.82, 2.24) is 0 Å². The molecule has 0 heteroatoms. The van der Waals surface area contributed by atoms with E-state index in [0.29, 0.717) is 5.41 Å². The van der Waals surface area contributed by atoms with Crippen LogP contribution in [0.4, 0.5) is 0 Å². The highest BCUT2D eigenvalue weighted by molar-refractivity contribution is 5.02. The monoisotopic (exact) mass is 164 g/mol. The van der Waals surface area contributed by atoms with Crippen molar-refractivity contribution in [3.05, 3.63) is 0 Å². The lowest BCUT2D eigenvalue weighted by atomic mass is 9.83. The van der Waals surface area contributed by atoms with E-state index in [2.05, 4.69) is 32.6 Å². The Kier molecular flexibility index (Phi) is 3.20. The van der Waals surface area contributed by atoms with Crippen molar-refractivity contribution in [3.63, 3.8) is 0 Å². The summed E-state index contributed by atoms with van der Waals surface area (Å²) in [6, 6.07) is 0. The smallest absolute Gasteiger partial charge is 0.0137 e. The van der Waals surface area contributed by atoms with E-state index in [4.69, 9.17) is 0 Å². The van der Waals surface area contributed by atoms with Gasteiger partial charge in [-0.15, -0.1) is 11.8 Å².